The van der Waals surface area contributed by atoms with Crippen molar-refractivity contribution < 1.29 is 13.2 Å². The summed E-state index contributed by atoms with van der Waals surface area (Å²) in [5, 5.41) is 3.46. The maximum absolute atomic E-state index is 12.9. The van der Waals surface area contributed by atoms with Crippen molar-refractivity contribution in [3.8, 4) is 0 Å². The van der Waals surface area contributed by atoms with E-state index in [1.165, 1.54) is 0 Å². The lowest BCUT2D eigenvalue weighted by Gasteiger charge is -2.41. The Labute approximate surface area is 129 Å². The van der Waals surface area contributed by atoms with Crippen LogP contribution in [0.15, 0.2) is 0 Å². The number of piperidine rings is 1. The number of nitrogens with one attached hydrogen (secondary N) is 1. The van der Waals surface area contributed by atoms with Crippen molar-refractivity contribution in [2.75, 3.05) is 39.4 Å². The summed E-state index contributed by atoms with van der Waals surface area (Å²) in [5.41, 5.74) is 0. The lowest BCUT2D eigenvalue weighted by atomic mass is 9.99. The Kier molecular flexibility index (Phi) is 6.43. The minimum Gasteiger partial charge on any atom is -0.379 e. The molecule has 2 fully saturated rings. The highest BCUT2D eigenvalue weighted by Crippen LogP contribution is 2.25. The van der Waals surface area contributed by atoms with E-state index in [4.69, 9.17) is 4.74 Å². The molecule has 7 heteroatoms. The average molecular weight is 319 g/mol. The molecule has 0 radical (unpaired) electrons. The third kappa shape index (κ3) is 4.16. The molecule has 2 unspecified atom stereocenters. The number of rotatable bonds is 6. The summed E-state index contributed by atoms with van der Waals surface area (Å²) >= 11 is 0. The molecule has 2 saturated heterocycles. The molecule has 124 valence electrons. The van der Waals surface area contributed by atoms with Gasteiger partial charge in [-0.1, -0.05) is 13.3 Å². The summed E-state index contributed by atoms with van der Waals surface area (Å²) in [6.45, 7) is 7.76. The summed E-state index contributed by atoms with van der Waals surface area (Å²) in [6.07, 6.45) is 4.08. The van der Waals surface area contributed by atoms with Gasteiger partial charge in [-0.15, -0.1) is 0 Å². The highest BCUT2D eigenvalue weighted by atomic mass is 32.2. The SMILES string of the molecule is CCCNC(C)C1CCCCN1S(=O)(=O)N1CCOCC1. The lowest BCUT2D eigenvalue weighted by Crippen LogP contribution is -2.58. The zero-order valence-corrected chi connectivity index (χ0v) is 14.1. The van der Waals surface area contributed by atoms with Gasteiger partial charge in [0.1, 0.15) is 0 Å². The Morgan fingerprint density at radius 2 is 1.95 bits per heavy atom. The minimum absolute atomic E-state index is 0.0677. The summed E-state index contributed by atoms with van der Waals surface area (Å²) in [6, 6.07) is 0.263. The second-order valence-electron chi connectivity index (χ2n) is 5.94. The van der Waals surface area contributed by atoms with Crippen LogP contribution in [0.1, 0.15) is 39.5 Å². The van der Waals surface area contributed by atoms with Crippen LogP contribution in [-0.4, -0.2) is 68.5 Å². The molecule has 0 aliphatic carbocycles. The van der Waals surface area contributed by atoms with Crippen molar-refractivity contribution in [3.05, 3.63) is 0 Å². The fourth-order valence-corrected chi connectivity index (χ4v) is 5.05. The average Bonchev–Trinajstić information content (AvgIpc) is 2.53. The van der Waals surface area contributed by atoms with Gasteiger partial charge < -0.3 is 10.1 Å². The summed E-state index contributed by atoms with van der Waals surface area (Å²) < 4.78 is 34.4. The topological polar surface area (TPSA) is 61.9 Å². The fraction of sp³-hybridized carbons (Fsp3) is 1.00. The van der Waals surface area contributed by atoms with Crippen LogP contribution < -0.4 is 5.32 Å². The first-order chi connectivity index (χ1) is 10.1. The molecule has 0 spiro atoms. The van der Waals surface area contributed by atoms with Crippen molar-refractivity contribution in [2.45, 2.75) is 51.6 Å². The molecule has 0 aromatic heterocycles. The predicted octanol–water partition coefficient (Wildman–Crippen LogP) is 0.806. The quantitative estimate of drug-likeness (QED) is 0.787. The molecule has 0 saturated carbocycles. The van der Waals surface area contributed by atoms with Gasteiger partial charge in [-0.05, 0) is 32.7 Å². The molecular weight excluding hydrogens is 290 g/mol. The number of ether oxygens (including phenoxy) is 1. The van der Waals surface area contributed by atoms with Gasteiger partial charge in [0.25, 0.3) is 10.2 Å². The first-order valence-corrected chi connectivity index (χ1v) is 9.55. The second kappa shape index (κ2) is 7.87. The van der Waals surface area contributed by atoms with Crippen LogP contribution in [-0.2, 0) is 14.9 Å². The molecule has 2 aliphatic rings. The van der Waals surface area contributed by atoms with Gasteiger partial charge in [0.05, 0.1) is 13.2 Å². The van der Waals surface area contributed by atoms with Gasteiger partial charge in [-0.3, -0.25) is 0 Å². The Bertz CT molecular complexity index is 410. The van der Waals surface area contributed by atoms with Gasteiger partial charge in [-0.25, -0.2) is 0 Å². The van der Waals surface area contributed by atoms with Crippen molar-refractivity contribution in [3.63, 3.8) is 0 Å². The van der Waals surface area contributed by atoms with Crippen LogP contribution >= 0.6 is 0 Å². The van der Waals surface area contributed by atoms with E-state index in [2.05, 4.69) is 19.2 Å². The number of hydrogen-bond acceptors (Lipinski definition) is 4. The molecule has 1 N–H and O–H groups in total. The highest BCUT2D eigenvalue weighted by Gasteiger charge is 2.39. The monoisotopic (exact) mass is 319 g/mol. The van der Waals surface area contributed by atoms with Crippen molar-refractivity contribution in [2.24, 2.45) is 0 Å². The van der Waals surface area contributed by atoms with Crippen LogP contribution in [0.2, 0.25) is 0 Å². The van der Waals surface area contributed by atoms with Gasteiger partial charge in [0.2, 0.25) is 0 Å². The normalized spacial score (nSPS) is 27.6. The van der Waals surface area contributed by atoms with Crippen LogP contribution in [0.25, 0.3) is 0 Å². The first kappa shape index (κ1) is 17.1. The largest absolute Gasteiger partial charge is 0.379 e. The molecule has 0 aromatic rings. The van der Waals surface area contributed by atoms with Crippen LogP contribution in [0, 0.1) is 0 Å². The molecule has 0 aromatic carbocycles. The molecule has 0 amide bonds. The molecule has 2 rings (SSSR count). The van der Waals surface area contributed by atoms with E-state index >= 15 is 0 Å². The summed E-state index contributed by atoms with van der Waals surface area (Å²) in [4.78, 5) is 0. The summed E-state index contributed by atoms with van der Waals surface area (Å²) in [5.74, 6) is 0. The van der Waals surface area contributed by atoms with Crippen LogP contribution in [0.5, 0.6) is 0 Å². The highest BCUT2D eigenvalue weighted by molar-refractivity contribution is 7.86. The maximum Gasteiger partial charge on any atom is 0.282 e. The van der Waals surface area contributed by atoms with E-state index in [0.717, 1.165) is 32.2 Å². The predicted molar refractivity (Wildman–Crippen MR) is 83.4 cm³/mol. The Hall–Kier alpha value is -0.210. The second-order valence-corrected chi connectivity index (χ2v) is 7.82. The Morgan fingerprint density at radius 3 is 2.62 bits per heavy atom. The van der Waals surface area contributed by atoms with Gasteiger partial charge >= 0.3 is 0 Å². The Morgan fingerprint density at radius 1 is 1.24 bits per heavy atom. The van der Waals surface area contributed by atoms with E-state index in [0.29, 0.717) is 32.8 Å². The van der Waals surface area contributed by atoms with Gasteiger partial charge in [-0.2, -0.15) is 17.0 Å². The van der Waals surface area contributed by atoms with E-state index in [1.54, 1.807) is 8.61 Å². The zero-order chi connectivity index (χ0) is 15.3. The first-order valence-electron chi connectivity index (χ1n) is 8.15. The zero-order valence-electron chi connectivity index (χ0n) is 13.3. The van der Waals surface area contributed by atoms with E-state index in [-0.39, 0.29) is 12.1 Å². The lowest BCUT2D eigenvalue weighted by molar-refractivity contribution is 0.0674. The molecule has 6 nitrogen and oxygen atoms in total. The van der Waals surface area contributed by atoms with Gasteiger partial charge in [0.15, 0.2) is 0 Å². The van der Waals surface area contributed by atoms with E-state index in [9.17, 15) is 8.42 Å². The third-order valence-electron chi connectivity index (χ3n) is 4.38. The molecular formula is C14H29N3O3S. The molecule has 2 heterocycles. The molecule has 0 bridgehead atoms. The van der Waals surface area contributed by atoms with E-state index in [1.807, 2.05) is 0 Å². The minimum atomic E-state index is -3.36. The van der Waals surface area contributed by atoms with Gasteiger partial charge in [0, 0.05) is 31.7 Å². The molecule has 21 heavy (non-hydrogen) atoms. The number of hydrogen-bond donors (Lipinski definition) is 1. The maximum atomic E-state index is 12.9. The smallest absolute Gasteiger partial charge is 0.282 e. The molecule has 2 atom stereocenters. The Balaban J connectivity index is 2.09. The molecule has 2 aliphatic heterocycles. The van der Waals surface area contributed by atoms with Crippen LogP contribution in [0.4, 0.5) is 0 Å². The third-order valence-corrected chi connectivity index (χ3v) is 6.45. The van der Waals surface area contributed by atoms with E-state index < -0.39 is 10.2 Å². The number of nitrogens with zero attached hydrogens (tertiary/aromatic N) is 2. The van der Waals surface area contributed by atoms with Crippen molar-refractivity contribution in [1.29, 1.82) is 0 Å². The fourth-order valence-electron chi connectivity index (χ4n) is 3.15. The van der Waals surface area contributed by atoms with Crippen molar-refractivity contribution >= 4 is 10.2 Å². The number of morpholine rings is 1. The summed E-state index contributed by atoms with van der Waals surface area (Å²) in [7, 11) is -3.36. The van der Waals surface area contributed by atoms with Crippen LogP contribution in [0.3, 0.4) is 0 Å². The van der Waals surface area contributed by atoms with Crippen molar-refractivity contribution in [1.82, 2.24) is 13.9 Å². The standard InChI is InChI=1S/C14H29N3O3S/c1-3-7-15-13(2)14-6-4-5-8-17(14)21(18,19)16-9-11-20-12-10-16/h13-15H,3-12H2,1-2H3.